The molecule has 0 bridgehead atoms. The molecule has 80 valence electrons. The van der Waals surface area contributed by atoms with Crippen molar-refractivity contribution in [1.29, 1.82) is 5.26 Å². The van der Waals surface area contributed by atoms with Gasteiger partial charge in [-0.05, 0) is 25.1 Å². The first-order valence-electron chi connectivity index (χ1n) is 4.67. The predicted molar refractivity (Wildman–Crippen MR) is 52.8 cm³/mol. The Morgan fingerprint density at radius 2 is 2.20 bits per heavy atom. The lowest BCUT2D eigenvalue weighted by molar-refractivity contribution is 0.552. The monoisotopic (exact) mass is 210 g/mol. The molecule has 1 aromatic carbocycles. The van der Waals surface area contributed by atoms with E-state index in [1.54, 1.807) is 6.92 Å². The maximum Gasteiger partial charge on any atom is 0.127 e. The zero-order valence-electron chi connectivity index (χ0n) is 8.43. The van der Waals surface area contributed by atoms with Crippen molar-refractivity contribution in [3.63, 3.8) is 0 Å². The third-order valence-electron chi connectivity index (χ3n) is 1.99. The maximum atomic E-state index is 13.1. The van der Waals surface area contributed by atoms with Crippen LogP contribution in [0.5, 0.6) is 0 Å². The van der Waals surface area contributed by atoms with Crippen molar-refractivity contribution in [2.75, 3.05) is 6.54 Å². The molecule has 1 aromatic rings. The van der Waals surface area contributed by atoms with E-state index >= 15 is 0 Å². The molecule has 2 nitrogen and oxygen atoms in total. The van der Waals surface area contributed by atoms with E-state index in [-0.39, 0.29) is 18.0 Å². The predicted octanol–water partition coefficient (Wildman–Crippen LogP) is 2.21. The van der Waals surface area contributed by atoms with Gasteiger partial charge in [-0.3, -0.25) is 0 Å². The van der Waals surface area contributed by atoms with Crippen LogP contribution >= 0.6 is 0 Å². The first kappa shape index (κ1) is 11.6. The van der Waals surface area contributed by atoms with Crippen molar-refractivity contribution in [3.8, 4) is 6.07 Å². The van der Waals surface area contributed by atoms with Crippen molar-refractivity contribution in [1.82, 2.24) is 5.32 Å². The third kappa shape index (κ3) is 3.64. The highest BCUT2D eigenvalue weighted by atomic mass is 19.1. The molecule has 0 spiro atoms. The van der Waals surface area contributed by atoms with Gasteiger partial charge in [0.25, 0.3) is 0 Å². The number of nitriles is 1. The van der Waals surface area contributed by atoms with E-state index in [1.807, 2.05) is 6.07 Å². The zero-order valence-corrected chi connectivity index (χ0v) is 8.43. The largest absolute Gasteiger partial charge is 0.311 e. The van der Waals surface area contributed by atoms with Crippen LogP contribution in [0.1, 0.15) is 12.5 Å². The Kier molecular flexibility index (Phi) is 4.19. The maximum absolute atomic E-state index is 13.1. The molecular weight excluding hydrogens is 198 g/mol. The normalized spacial score (nSPS) is 12.1. The Morgan fingerprint density at radius 3 is 2.87 bits per heavy atom. The molecule has 1 atom stereocenters. The van der Waals surface area contributed by atoms with Gasteiger partial charge in [0.05, 0.1) is 12.0 Å². The number of halogens is 2. The van der Waals surface area contributed by atoms with Crippen LogP contribution in [-0.4, -0.2) is 6.54 Å². The lowest BCUT2D eigenvalue weighted by Gasteiger charge is -2.06. The fourth-order valence-corrected chi connectivity index (χ4v) is 1.15. The Labute approximate surface area is 87.5 Å². The van der Waals surface area contributed by atoms with Gasteiger partial charge in [0.1, 0.15) is 11.6 Å². The van der Waals surface area contributed by atoms with Crippen LogP contribution in [0.3, 0.4) is 0 Å². The van der Waals surface area contributed by atoms with Crippen LogP contribution in [0, 0.1) is 28.9 Å². The average Bonchev–Trinajstić information content (AvgIpc) is 2.23. The molecule has 1 N–H and O–H groups in total. The Balaban J connectivity index is 2.51. The van der Waals surface area contributed by atoms with Gasteiger partial charge in [-0.1, -0.05) is 0 Å². The first-order valence-corrected chi connectivity index (χ1v) is 4.67. The Hall–Kier alpha value is -1.47. The second-order valence-electron chi connectivity index (χ2n) is 3.40. The minimum absolute atomic E-state index is 0.137. The lowest BCUT2D eigenvalue weighted by atomic mass is 10.2. The molecule has 0 aromatic heterocycles. The summed E-state index contributed by atoms with van der Waals surface area (Å²) < 4.78 is 25.9. The highest BCUT2D eigenvalue weighted by Gasteiger charge is 2.04. The fraction of sp³-hybridized carbons (Fsp3) is 0.364. The van der Waals surface area contributed by atoms with Crippen LogP contribution in [0.2, 0.25) is 0 Å². The molecule has 0 saturated carbocycles. The molecular formula is C11H12F2N2. The van der Waals surface area contributed by atoms with E-state index in [0.29, 0.717) is 6.54 Å². The Bertz CT molecular complexity index is 371. The summed E-state index contributed by atoms with van der Waals surface area (Å²) in [7, 11) is 0. The molecule has 4 heteroatoms. The molecule has 0 aliphatic heterocycles. The van der Waals surface area contributed by atoms with Gasteiger partial charge in [0, 0.05) is 18.7 Å². The van der Waals surface area contributed by atoms with Gasteiger partial charge in [0.2, 0.25) is 0 Å². The minimum Gasteiger partial charge on any atom is -0.311 e. The molecule has 0 aliphatic carbocycles. The quantitative estimate of drug-likeness (QED) is 0.827. The van der Waals surface area contributed by atoms with E-state index in [4.69, 9.17) is 5.26 Å². The molecule has 0 aliphatic rings. The van der Waals surface area contributed by atoms with E-state index in [0.717, 1.165) is 18.2 Å². The van der Waals surface area contributed by atoms with Crippen molar-refractivity contribution in [3.05, 3.63) is 35.4 Å². The van der Waals surface area contributed by atoms with Crippen molar-refractivity contribution in [2.45, 2.75) is 13.5 Å². The number of hydrogen-bond acceptors (Lipinski definition) is 2. The Morgan fingerprint density at radius 1 is 1.47 bits per heavy atom. The highest BCUT2D eigenvalue weighted by molar-refractivity contribution is 5.18. The molecule has 1 rings (SSSR count). The SMILES string of the molecule is CC(C#N)CNCc1cc(F)ccc1F. The van der Waals surface area contributed by atoms with Crippen LogP contribution in [0.15, 0.2) is 18.2 Å². The first-order chi connectivity index (χ1) is 7.13. The molecule has 0 amide bonds. The molecule has 1 unspecified atom stereocenters. The van der Waals surface area contributed by atoms with Crippen LogP contribution in [-0.2, 0) is 6.54 Å². The average molecular weight is 210 g/mol. The van der Waals surface area contributed by atoms with Gasteiger partial charge in [-0.2, -0.15) is 5.26 Å². The summed E-state index contributed by atoms with van der Waals surface area (Å²) in [6.45, 7) is 2.46. The number of hydrogen-bond donors (Lipinski definition) is 1. The van der Waals surface area contributed by atoms with Gasteiger partial charge in [0.15, 0.2) is 0 Å². The van der Waals surface area contributed by atoms with Crippen molar-refractivity contribution < 1.29 is 8.78 Å². The van der Waals surface area contributed by atoms with E-state index < -0.39 is 11.6 Å². The number of rotatable bonds is 4. The third-order valence-corrected chi connectivity index (χ3v) is 1.99. The lowest BCUT2D eigenvalue weighted by Crippen LogP contribution is -2.20. The van der Waals surface area contributed by atoms with Crippen molar-refractivity contribution >= 4 is 0 Å². The van der Waals surface area contributed by atoms with Gasteiger partial charge in [-0.25, -0.2) is 8.78 Å². The number of nitrogens with one attached hydrogen (secondary N) is 1. The topological polar surface area (TPSA) is 35.8 Å². The molecule has 0 fully saturated rings. The van der Waals surface area contributed by atoms with E-state index in [2.05, 4.69) is 5.32 Å². The second-order valence-corrected chi connectivity index (χ2v) is 3.40. The minimum atomic E-state index is -0.457. The smallest absolute Gasteiger partial charge is 0.127 e. The summed E-state index contributed by atoms with van der Waals surface area (Å²) in [5, 5.41) is 11.4. The van der Waals surface area contributed by atoms with Crippen LogP contribution in [0.25, 0.3) is 0 Å². The van der Waals surface area contributed by atoms with E-state index in [9.17, 15) is 8.78 Å². The summed E-state index contributed by atoms with van der Waals surface area (Å²) >= 11 is 0. The van der Waals surface area contributed by atoms with E-state index in [1.165, 1.54) is 0 Å². The molecule has 0 radical (unpaired) electrons. The molecule has 0 saturated heterocycles. The summed E-state index contributed by atoms with van der Waals surface area (Å²) in [6.07, 6.45) is 0. The van der Waals surface area contributed by atoms with Gasteiger partial charge < -0.3 is 5.32 Å². The second kappa shape index (κ2) is 5.42. The van der Waals surface area contributed by atoms with Gasteiger partial charge >= 0.3 is 0 Å². The molecule has 0 heterocycles. The summed E-state index contributed by atoms with van der Waals surface area (Å²) in [6, 6.07) is 5.38. The zero-order chi connectivity index (χ0) is 11.3. The summed E-state index contributed by atoms with van der Waals surface area (Å²) in [5.74, 6) is -1.03. The summed E-state index contributed by atoms with van der Waals surface area (Å²) in [5.41, 5.74) is 0.278. The van der Waals surface area contributed by atoms with Gasteiger partial charge in [-0.15, -0.1) is 0 Å². The van der Waals surface area contributed by atoms with Crippen LogP contribution < -0.4 is 5.32 Å². The fourth-order valence-electron chi connectivity index (χ4n) is 1.15. The van der Waals surface area contributed by atoms with Crippen molar-refractivity contribution in [2.24, 2.45) is 5.92 Å². The summed E-state index contributed by atoms with van der Waals surface area (Å²) in [4.78, 5) is 0. The number of nitrogens with zero attached hydrogens (tertiary/aromatic N) is 1. The van der Waals surface area contributed by atoms with Crippen LogP contribution in [0.4, 0.5) is 8.78 Å². The number of benzene rings is 1. The molecule has 15 heavy (non-hydrogen) atoms. The standard InChI is InChI=1S/C11H12F2N2/c1-8(5-14)6-15-7-9-4-10(12)2-3-11(9)13/h2-4,8,15H,6-7H2,1H3. The highest BCUT2D eigenvalue weighted by Crippen LogP contribution is 2.09.